The molecule has 0 spiro atoms. The van der Waals surface area contributed by atoms with Gasteiger partial charge in [-0.2, -0.15) is 0 Å². The van der Waals surface area contributed by atoms with Crippen molar-refractivity contribution in [1.82, 2.24) is 9.55 Å². The largest absolute Gasteiger partial charge is 0.509 e. The number of nitro benzene ring substituents is 2. The predicted octanol–water partition coefficient (Wildman–Crippen LogP) is 2.25. The molecule has 204 valence electrons. The van der Waals surface area contributed by atoms with E-state index >= 15 is 0 Å². The van der Waals surface area contributed by atoms with Crippen LogP contribution in [0, 0.1) is 27.2 Å². The summed E-state index contributed by atoms with van der Waals surface area (Å²) >= 11 is 0. The van der Waals surface area contributed by atoms with Crippen molar-refractivity contribution < 1.29 is 34.0 Å². The SMILES string of the molecule is Cc1cn([C@H]2C[C@H](O)[C@@H](COC(=O)OC(c3ccccc3[N+](=O)[O-])c3ccccc3[N+](=O)[O-])O2)c(=O)[nH]c1=O. The summed E-state index contributed by atoms with van der Waals surface area (Å²) < 4.78 is 17.2. The van der Waals surface area contributed by atoms with Crippen LogP contribution < -0.4 is 11.2 Å². The zero-order chi connectivity index (χ0) is 28.3. The maximum atomic E-state index is 12.7. The molecule has 4 rings (SSSR count). The summed E-state index contributed by atoms with van der Waals surface area (Å²) in [6, 6.07) is 10.6. The summed E-state index contributed by atoms with van der Waals surface area (Å²) in [5.74, 6) is 0. The summed E-state index contributed by atoms with van der Waals surface area (Å²) in [6.07, 6.45) is -4.90. The number of nitro groups is 2. The van der Waals surface area contributed by atoms with Crippen LogP contribution in [0.25, 0.3) is 0 Å². The van der Waals surface area contributed by atoms with E-state index < -0.39 is 69.8 Å². The van der Waals surface area contributed by atoms with E-state index in [1.165, 1.54) is 49.5 Å². The van der Waals surface area contributed by atoms with Gasteiger partial charge in [-0.05, 0) is 19.1 Å². The molecule has 1 aromatic heterocycles. The van der Waals surface area contributed by atoms with Crippen LogP contribution in [-0.2, 0) is 14.2 Å². The molecule has 3 atom stereocenters. The Hall–Kier alpha value is -4.89. The number of nitrogens with zero attached hydrogens (tertiary/aromatic N) is 3. The second-order valence-electron chi connectivity index (χ2n) is 8.60. The molecule has 1 saturated heterocycles. The van der Waals surface area contributed by atoms with E-state index in [0.717, 1.165) is 16.7 Å². The normalized spacial score (nSPS) is 18.6. The first-order chi connectivity index (χ1) is 18.6. The molecule has 3 aromatic rings. The van der Waals surface area contributed by atoms with Crippen molar-refractivity contribution >= 4 is 17.5 Å². The molecule has 0 amide bonds. The van der Waals surface area contributed by atoms with Crippen LogP contribution >= 0.6 is 0 Å². The fraction of sp³-hybridized carbons (Fsp3) is 0.292. The Morgan fingerprint density at radius 2 is 1.67 bits per heavy atom. The first-order valence-electron chi connectivity index (χ1n) is 11.5. The van der Waals surface area contributed by atoms with E-state index in [4.69, 9.17) is 14.2 Å². The molecule has 1 aliphatic heterocycles. The number of para-hydroxylation sites is 2. The highest BCUT2D eigenvalue weighted by atomic mass is 16.7. The maximum absolute atomic E-state index is 12.7. The highest BCUT2D eigenvalue weighted by Crippen LogP contribution is 2.37. The molecule has 1 fully saturated rings. The third-order valence-corrected chi connectivity index (χ3v) is 6.07. The number of H-pyrrole nitrogens is 1. The number of ether oxygens (including phenoxy) is 3. The smallest absolute Gasteiger partial charge is 0.431 e. The number of hydrogen-bond donors (Lipinski definition) is 2. The van der Waals surface area contributed by atoms with Crippen molar-refractivity contribution in [3.05, 3.63) is 112 Å². The Labute approximate surface area is 218 Å². The maximum Gasteiger partial charge on any atom is 0.509 e. The fourth-order valence-corrected chi connectivity index (χ4v) is 4.16. The number of aliphatic hydroxyl groups is 1. The zero-order valence-corrected chi connectivity index (χ0v) is 20.3. The quantitative estimate of drug-likeness (QED) is 0.240. The molecule has 39 heavy (non-hydrogen) atoms. The molecule has 0 unspecified atom stereocenters. The van der Waals surface area contributed by atoms with Crippen LogP contribution in [0.4, 0.5) is 16.2 Å². The molecule has 0 bridgehead atoms. The lowest BCUT2D eigenvalue weighted by Gasteiger charge is -2.20. The first-order valence-corrected chi connectivity index (χ1v) is 11.5. The van der Waals surface area contributed by atoms with Crippen LogP contribution in [0.3, 0.4) is 0 Å². The summed E-state index contributed by atoms with van der Waals surface area (Å²) in [5, 5.41) is 33.6. The lowest BCUT2D eigenvalue weighted by Crippen LogP contribution is -2.33. The molecule has 0 saturated carbocycles. The Bertz CT molecular complexity index is 1480. The van der Waals surface area contributed by atoms with Gasteiger partial charge < -0.3 is 19.3 Å². The molecule has 0 aliphatic carbocycles. The third kappa shape index (κ3) is 5.83. The minimum Gasteiger partial charge on any atom is -0.431 e. The second-order valence-corrected chi connectivity index (χ2v) is 8.60. The van der Waals surface area contributed by atoms with Gasteiger partial charge in [-0.25, -0.2) is 9.59 Å². The minimum atomic E-state index is -1.58. The van der Waals surface area contributed by atoms with E-state index in [-0.39, 0.29) is 23.1 Å². The van der Waals surface area contributed by atoms with Gasteiger partial charge in [0.05, 0.1) is 27.1 Å². The van der Waals surface area contributed by atoms with Gasteiger partial charge in [0.1, 0.15) is 18.9 Å². The van der Waals surface area contributed by atoms with Crippen molar-refractivity contribution in [2.24, 2.45) is 0 Å². The van der Waals surface area contributed by atoms with Crippen LogP contribution in [0.15, 0.2) is 64.3 Å². The van der Waals surface area contributed by atoms with Gasteiger partial charge in [0.2, 0.25) is 0 Å². The lowest BCUT2D eigenvalue weighted by atomic mass is 9.98. The number of aromatic nitrogens is 2. The van der Waals surface area contributed by atoms with Crippen LogP contribution in [0.1, 0.15) is 35.4 Å². The number of hydrogen-bond acceptors (Lipinski definition) is 11. The summed E-state index contributed by atoms with van der Waals surface area (Å²) in [6.45, 7) is 0.954. The molecule has 15 heteroatoms. The van der Waals surface area contributed by atoms with Crippen molar-refractivity contribution in [3.63, 3.8) is 0 Å². The topological polar surface area (TPSA) is 206 Å². The van der Waals surface area contributed by atoms with E-state index in [1.54, 1.807) is 0 Å². The van der Waals surface area contributed by atoms with Crippen molar-refractivity contribution in [1.29, 1.82) is 0 Å². The van der Waals surface area contributed by atoms with Crippen molar-refractivity contribution in [2.75, 3.05) is 6.61 Å². The van der Waals surface area contributed by atoms with E-state index in [2.05, 4.69) is 4.98 Å². The molecule has 1 aliphatic rings. The van der Waals surface area contributed by atoms with Gasteiger partial charge in [0.15, 0.2) is 6.10 Å². The average Bonchev–Trinajstić information content (AvgIpc) is 3.28. The van der Waals surface area contributed by atoms with Crippen LogP contribution in [0.2, 0.25) is 0 Å². The molecule has 0 radical (unpaired) electrons. The standard InChI is InChI=1S/C24H22N4O11/c1-13-11-26(23(31)25-22(13)30)20-10-18(29)19(38-20)12-37-24(32)39-21(14-6-2-4-8-16(14)27(33)34)15-7-3-5-9-17(15)28(35)36/h2-9,11,18-21,29H,10,12H2,1H3,(H,25,30,31)/t18-,19+,20+/m0/s1. The van der Waals surface area contributed by atoms with E-state index in [1.807, 2.05) is 0 Å². The number of rotatable bonds is 8. The Morgan fingerprint density at radius 3 is 2.23 bits per heavy atom. The molecule has 2 aromatic carbocycles. The van der Waals surface area contributed by atoms with Gasteiger partial charge in [-0.1, -0.05) is 24.3 Å². The number of benzene rings is 2. The molecular weight excluding hydrogens is 520 g/mol. The average molecular weight is 542 g/mol. The van der Waals surface area contributed by atoms with E-state index in [0.29, 0.717) is 0 Å². The first kappa shape index (κ1) is 27.2. The third-order valence-electron chi connectivity index (χ3n) is 6.07. The van der Waals surface area contributed by atoms with E-state index in [9.17, 15) is 39.7 Å². The van der Waals surface area contributed by atoms with Gasteiger partial charge in [-0.3, -0.25) is 34.6 Å². The van der Waals surface area contributed by atoms with Crippen molar-refractivity contribution in [2.45, 2.75) is 37.9 Å². The van der Waals surface area contributed by atoms with Gasteiger partial charge in [0.25, 0.3) is 16.9 Å². The van der Waals surface area contributed by atoms with Crippen molar-refractivity contribution in [3.8, 4) is 0 Å². The number of aryl methyl sites for hydroxylation is 1. The highest BCUT2D eigenvalue weighted by molar-refractivity contribution is 5.63. The molecule has 2 N–H and O–H groups in total. The summed E-state index contributed by atoms with van der Waals surface area (Å²) in [7, 11) is 0. The van der Waals surface area contributed by atoms with Gasteiger partial charge in [0, 0.05) is 30.3 Å². The van der Waals surface area contributed by atoms with Crippen LogP contribution in [0.5, 0.6) is 0 Å². The molecule has 15 nitrogen and oxygen atoms in total. The molecule has 2 heterocycles. The number of nitrogens with one attached hydrogen (secondary N) is 1. The second kappa shape index (κ2) is 11.2. The lowest BCUT2D eigenvalue weighted by molar-refractivity contribution is -0.387. The summed E-state index contributed by atoms with van der Waals surface area (Å²) in [4.78, 5) is 60.4. The monoisotopic (exact) mass is 542 g/mol. The Kier molecular flexibility index (Phi) is 7.83. The number of carbonyl (C=O) groups excluding carboxylic acids is 1. The summed E-state index contributed by atoms with van der Waals surface area (Å²) in [5.41, 5.74) is -2.20. The predicted molar refractivity (Wildman–Crippen MR) is 131 cm³/mol. The van der Waals surface area contributed by atoms with Gasteiger partial charge >= 0.3 is 11.8 Å². The minimum absolute atomic E-state index is 0.0521. The van der Waals surface area contributed by atoms with Gasteiger partial charge in [-0.15, -0.1) is 0 Å². The highest BCUT2D eigenvalue weighted by Gasteiger charge is 2.37. The Morgan fingerprint density at radius 1 is 1.10 bits per heavy atom. The zero-order valence-electron chi connectivity index (χ0n) is 20.3. The number of aliphatic hydroxyl groups excluding tert-OH is 1. The fourth-order valence-electron chi connectivity index (χ4n) is 4.16. The molecular formula is C24H22N4O11. The Balaban J connectivity index is 1.53. The number of carbonyl (C=O) groups is 1. The number of aromatic amines is 1. The van der Waals surface area contributed by atoms with Crippen LogP contribution in [-0.4, -0.2) is 49.5 Å².